The second-order valence-corrected chi connectivity index (χ2v) is 3.53. The van der Waals surface area contributed by atoms with Crippen LogP contribution >= 0.6 is 0 Å². The Morgan fingerprint density at radius 1 is 1.27 bits per heavy atom. The van der Waals surface area contributed by atoms with E-state index < -0.39 is 0 Å². The van der Waals surface area contributed by atoms with Gasteiger partial charge in [0.2, 0.25) is 0 Å². The van der Waals surface area contributed by atoms with Crippen molar-refractivity contribution in [2.24, 2.45) is 5.73 Å². The topological polar surface area (TPSA) is 29.3 Å². The zero-order chi connectivity index (χ0) is 11.1. The molecule has 3 heteroatoms. The first-order chi connectivity index (χ1) is 7.22. The van der Waals surface area contributed by atoms with E-state index in [9.17, 15) is 4.39 Å². The van der Waals surface area contributed by atoms with E-state index in [0.717, 1.165) is 18.7 Å². The smallest absolute Gasteiger partial charge is 0.123 e. The lowest BCUT2D eigenvalue weighted by Gasteiger charge is -2.14. The Balaban J connectivity index is 2.40. The molecule has 0 radical (unpaired) electrons. The zero-order valence-corrected chi connectivity index (χ0v) is 8.99. The summed E-state index contributed by atoms with van der Waals surface area (Å²) < 4.78 is 12.6. The van der Waals surface area contributed by atoms with E-state index in [0.29, 0.717) is 6.54 Å². The van der Waals surface area contributed by atoms with Gasteiger partial charge in [0, 0.05) is 19.6 Å². The second kappa shape index (κ2) is 6.32. The molecule has 0 aromatic heterocycles. The van der Waals surface area contributed by atoms with Gasteiger partial charge in [-0.1, -0.05) is 24.3 Å². The van der Waals surface area contributed by atoms with Crippen molar-refractivity contribution in [3.63, 3.8) is 0 Å². The number of nitrogens with two attached hydrogens (primary N) is 1. The van der Waals surface area contributed by atoms with E-state index in [1.807, 2.05) is 19.2 Å². The van der Waals surface area contributed by atoms with Crippen LogP contribution < -0.4 is 5.73 Å². The molecule has 1 aromatic carbocycles. The quantitative estimate of drug-likeness (QED) is 0.747. The lowest BCUT2D eigenvalue weighted by molar-refractivity contribution is 0.363. The normalized spacial score (nSPS) is 11.5. The van der Waals surface area contributed by atoms with Crippen molar-refractivity contribution in [2.45, 2.75) is 6.54 Å². The monoisotopic (exact) mass is 208 g/mol. The maximum Gasteiger partial charge on any atom is 0.123 e. The molecule has 0 saturated heterocycles. The molecule has 1 rings (SSSR count). The van der Waals surface area contributed by atoms with Gasteiger partial charge in [-0.25, -0.2) is 4.39 Å². The molecule has 15 heavy (non-hydrogen) atoms. The number of benzene rings is 1. The molecule has 0 aliphatic carbocycles. The third-order valence-electron chi connectivity index (χ3n) is 2.09. The van der Waals surface area contributed by atoms with Gasteiger partial charge in [-0.15, -0.1) is 0 Å². The summed E-state index contributed by atoms with van der Waals surface area (Å²) in [5.74, 6) is -0.190. The number of halogens is 1. The molecule has 2 nitrogen and oxygen atoms in total. The molecule has 0 saturated carbocycles. The van der Waals surface area contributed by atoms with Crippen LogP contribution in [-0.2, 0) is 6.54 Å². The van der Waals surface area contributed by atoms with Gasteiger partial charge in [-0.3, -0.25) is 4.90 Å². The van der Waals surface area contributed by atoms with E-state index in [-0.39, 0.29) is 5.82 Å². The summed E-state index contributed by atoms with van der Waals surface area (Å²) in [6, 6.07) is 6.58. The van der Waals surface area contributed by atoms with Crippen LogP contribution in [0.2, 0.25) is 0 Å². The van der Waals surface area contributed by atoms with Gasteiger partial charge >= 0.3 is 0 Å². The standard InChI is InChI=1S/C12H17FN2/c1-15(9-3-2-8-14)10-11-4-6-12(13)7-5-11/h2-7H,8-10,14H2,1H3/b3-2+. The molecular formula is C12H17FN2. The van der Waals surface area contributed by atoms with Crippen LogP contribution in [0.15, 0.2) is 36.4 Å². The fraction of sp³-hybridized carbons (Fsp3) is 0.333. The summed E-state index contributed by atoms with van der Waals surface area (Å²) in [5.41, 5.74) is 6.45. The number of likely N-dealkylation sites (N-methyl/N-ethyl adjacent to an activating group) is 1. The van der Waals surface area contributed by atoms with Gasteiger partial charge in [-0.05, 0) is 24.7 Å². The van der Waals surface area contributed by atoms with Crippen molar-refractivity contribution < 1.29 is 4.39 Å². The largest absolute Gasteiger partial charge is 0.327 e. The van der Waals surface area contributed by atoms with E-state index >= 15 is 0 Å². The Hall–Kier alpha value is -1.19. The third kappa shape index (κ3) is 4.72. The van der Waals surface area contributed by atoms with Crippen LogP contribution in [0.1, 0.15) is 5.56 Å². The highest BCUT2D eigenvalue weighted by atomic mass is 19.1. The van der Waals surface area contributed by atoms with Gasteiger partial charge in [-0.2, -0.15) is 0 Å². The van der Waals surface area contributed by atoms with Crippen LogP contribution in [0.25, 0.3) is 0 Å². The van der Waals surface area contributed by atoms with Crippen LogP contribution in [0, 0.1) is 5.82 Å². The highest BCUT2D eigenvalue weighted by Gasteiger charge is 1.98. The minimum Gasteiger partial charge on any atom is -0.327 e. The minimum absolute atomic E-state index is 0.190. The summed E-state index contributed by atoms with van der Waals surface area (Å²) in [6.07, 6.45) is 3.96. The van der Waals surface area contributed by atoms with E-state index in [1.165, 1.54) is 12.1 Å². The Bertz CT molecular complexity index is 306. The molecule has 0 spiro atoms. The molecule has 1 aromatic rings. The molecule has 0 amide bonds. The summed E-state index contributed by atoms with van der Waals surface area (Å²) >= 11 is 0. The van der Waals surface area contributed by atoms with Crippen molar-refractivity contribution in [3.8, 4) is 0 Å². The van der Waals surface area contributed by atoms with Gasteiger partial charge < -0.3 is 5.73 Å². The average molecular weight is 208 g/mol. The van der Waals surface area contributed by atoms with Crippen LogP contribution in [-0.4, -0.2) is 25.0 Å². The molecule has 0 unspecified atom stereocenters. The highest BCUT2D eigenvalue weighted by molar-refractivity contribution is 5.15. The Morgan fingerprint density at radius 3 is 2.53 bits per heavy atom. The Labute approximate surface area is 90.2 Å². The summed E-state index contributed by atoms with van der Waals surface area (Å²) in [5, 5.41) is 0. The Kier molecular flexibility index (Phi) is 5.01. The SMILES string of the molecule is CN(C/C=C/CN)Cc1ccc(F)cc1. The van der Waals surface area contributed by atoms with Crippen LogP contribution in [0.4, 0.5) is 4.39 Å². The molecule has 0 atom stereocenters. The van der Waals surface area contributed by atoms with Crippen molar-refractivity contribution in [1.82, 2.24) is 4.90 Å². The van der Waals surface area contributed by atoms with Crippen LogP contribution in [0.3, 0.4) is 0 Å². The molecule has 2 N–H and O–H groups in total. The maximum atomic E-state index is 12.6. The highest BCUT2D eigenvalue weighted by Crippen LogP contribution is 2.05. The van der Waals surface area contributed by atoms with E-state index in [4.69, 9.17) is 5.73 Å². The second-order valence-electron chi connectivity index (χ2n) is 3.53. The van der Waals surface area contributed by atoms with Crippen molar-refractivity contribution in [1.29, 1.82) is 0 Å². The van der Waals surface area contributed by atoms with Gasteiger partial charge in [0.25, 0.3) is 0 Å². The van der Waals surface area contributed by atoms with Gasteiger partial charge in [0.15, 0.2) is 0 Å². The zero-order valence-electron chi connectivity index (χ0n) is 8.99. The maximum absolute atomic E-state index is 12.6. The first kappa shape index (κ1) is 11.9. The first-order valence-electron chi connectivity index (χ1n) is 5.00. The molecule has 0 fully saturated rings. The average Bonchev–Trinajstić information content (AvgIpc) is 2.22. The summed E-state index contributed by atoms with van der Waals surface area (Å²) in [7, 11) is 2.02. The third-order valence-corrected chi connectivity index (χ3v) is 2.09. The lowest BCUT2D eigenvalue weighted by Crippen LogP contribution is -2.17. The van der Waals surface area contributed by atoms with Crippen LogP contribution in [0.5, 0.6) is 0 Å². The number of hydrogen-bond donors (Lipinski definition) is 1. The predicted molar refractivity (Wildman–Crippen MR) is 60.9 cm³/mol. The first-order valence-corrected chi connectivity index (χ1v) is 5.00. The Morgan fingerprint density at radius 2 is 1.93 bits per heavy atom. The molecule has 0 aliphatic rings. The molecule has 0 heterocycles. The van der Waals surface area contributed by atoms with Gasteiger partial charge in [0.1, 0.15) is 5.82 Å². The number of rotatable bonds is 5. The summed E-state index contributed by atoms with van der Waals surface area (Å²) in [4.78, 5) is 2.14. The van der Waals surface area contributed by atoms with E-state index in [1.54, 1.807) is 12.1 Å². The fourth-order valence-electron chi connectivity index (χ4n) is 1.32. The molecular weight excluding hydrogens is 191 g/mol. The van der Waals surface area contributed by atoms with Gasteiger partial charge in [0.05, 0.1) is 0 Å². The summed E-state index contributed by atoms with van der Waals surface area (Å²) in [6.45, 7) is 2.24. The van der Waals surface area contributed by atoms with E-state index in [2.05, 4.69) is 4.90 Å². The van der Waals surface area contributed by atoms with Crippen molar-refractivity contribution in [3.05, 3.63) is 47.8 Å². The molecule has 0 bridgehead atoms. The molecule has 0 aliphatic heterocycles. The van der Waals surface area contributed by atoms with Crippen molar-refractivity contribution in [2.75, 3.05) is 20.1 Å². The fourth-order valence-corrected chi connectivity index (χ4v) is 1.32. The number of nitrogens with zero attached hydrogens (tertiary/aromatic N) is 1. The molecule has 82 valence electrons. The van der Waals surface area contributed by atoms with Crippen molar-refractivity contribution >= 4 is 0 Å². The predicted octanol–water partition coefficient (Wildman–Crippen LogP) is 1.77. The lowest BCUT2D eigenvalue weighted by atomic mass is 10.2. The number of hydrogen-bond acceptors (Lipinski definition) is 2. The minimum atomic E-state index is -0.190.